The predicted molar refractivity (Wildman–Crippen MR) is 70.9 cm³/mol. The second-order valence-electron chi connectivity index (χ2n) is 5.73. The van der Waals surface area contributed by atoms with E-state index < -0.39 is 0 Å². The summed E-state index contributed by atoms with van der Waals surface area (Å²) in [5.74, 6) is 0.759. The Balaban J connectivity index is 1.82. The minimum atomic E-state index is -0.342. The molecule has 2 aliphatic rings. The van der Waals surface area contributed by atoms with Crippen LogP contribution in [-0.2, 0) is 17.7 Å². The van der Waals surface area contributed by atoms with Gasteiger partial charge in [-0.2, -0.15) is 5.26 Å². The summed E-state index contributed by atoms with van der Waals surface area (Å²) in [6.07, 6.45) is 4.02. The lowest BCUT2D eigenvalue weighted by Crippen LogP contribution is -2.24. The molecule has 2 fully saturated rings. The highest BCUT2D eigenvalue weighted by atomic mass is 16.5. The number of hydrogen-bond donors (Lipinski definition) is 1. The van der Waals surface area contributed by atoms with Gasteiger partial charge in [-0.25, -0.2) is 4.68 Å². The van der Waals surface area contributed by atoms with Gasteiger partial charge in [0, 0.05) is 19.1 Å². The Morgan fingerprint density at radius 2 is 2.10 bits per heavy atom. The monoisotopic (exact) mass is 276 g/mol. The zero-order valence-corrected chi connectivity index (χ0v) is 11.5. The predicted octanol–water partition coefficient (Wildman–Crippen LogP) is 1.01. The van der Waals surface area contributed by atoms with Gasteiger partial charge in [-0.05, 0) is 31.6 Å². The molecule has 108 valence electrons. The Kier molecular flexibility index (Phi) is 3.99. The van der Waals surface area contributed by atoms with Crippen molar-refractivity contribution in [1.29, 1.82) is 5.26 Å². The lowest BCUT2D eigenvalue weighted by Gasteiger charge is -2.24. The molecular weight excluding hydrogens is 256 g/mol. The maximum Gasteiger partial charge on any atom is 0.100 e. The highest BCUT2D eigenvalue weighted by Gasteiger charge is 2.32. The Hall–Kier alpha value is -1.45. The van der Waals surface area contributed by atoms with E-state index in [1.54, 1.807) is 0 Å². The van der Waals surface area contributed by atoms with Crippen molar-refractivity contribution >= 4 is 0 Å². The van der Waals surface area contributed by atoms with Gasteiger partial charge in [-0.1, -0.05) is 5.21 Å². The van der Waals surface area contributed by atoms with Crippen LogP contribution in [0.25, 0.3) is 0 Å². The van der Waals surface area contributed by atoms with Gasteiger partial charge in [0.25, 0.3) is 0 Å². The highest BCUT2D eigenvalue weighted by Crippen LogP contribution is 2.34. The summed E-state index contributed by atoms with van der Waals surface area (Å²) in [5.41, 5.74) is 1.80. The van der Waals surface area contributed by atoms with E-state index in [1.165, 1.54) is 0 Å². The minimum absolute atomic E-state index is 0.284. The fraction of sp³-hybridized carbons (Fsp3) is 0.786. The van der Waals surface area contributed by atoms with E-state index in [1.807, 2.05) is 4.68 Å². The molecule has 1 atom stereocenters. The van der Waals surface area contributed by atoms with Gasteiger partial charge >= 0.3 is 0 Å². The molecule has 6 heteroatoms. The number of aliphatic hydroxyl groups excluding tert-OH is 1. The zero-order valence-electron chi connectivity index (χ0n) is 11.5. The number of ether oxygens (including phenoxy) is 1. The first-order chi connectivity index (χ1) is 9.79. The van der Waals surface area contributed by atoms with Crippen LogP contribution in [0.2, 0.25) is 0 Å². The lowest BCUT2D eigenvalue weighted by molar-refractivity contribution is 0.0812. The van der Waals surface area contributed by atoms with E-state index in [0.717, 1.165) is 50.3 Å². The molecule has 1 saturated carbocycles. The number of aliphatic hydroxyl groups is 1. The summed E-state index contributed by atoms with van der Waals surface area (Å²) < 4.78 is 7.23. The first kappa shape index (κ1) is 13.5. The molecule has 2 heterocycles. The van der Waals surface area contributed by atoms with Crippen molar-refractivity contribution in [3.8, 4) is 6.07 Å². The molecule has 6 nitrogen and oxygen atoms in total. The van der Waals surface area contributed by atoms with Crippen molar-refractivity contribution < 1.29 is 9.84 Å². The molecule has 1 aromatic heterocycles. The van der Waals surface area contributed by atoms with Crippen LogP contribution in [0.15, 0.2) is 0 Å². The third kappa shape index (κ3) is 2.84. The molecule has 1 aliphatic heterocycles. The molecule has 0 aromatic carbocycles. The Bertz CT molecular complexity index is 498. The molecule has 1 aromatic rings. The average Bonchev–Trinajstić information content (AvgIpc) is 3.24. The van der Waals surface area contributed by atoms with Crippen LogP contribution < -0.4 is 0 Å². The summed E-state index contributed by atoms with van der Waals surface area (Å²) in [4.78, 5) is 0. The summed E-state index contributed by atoms with van der Waals surface area (Å²) in [6, 6.07) is 2.16. The smallest absolute Gasteiger partial charge is 0.100 e. The Morgan fingerprint density at radius 3 is 2.75 bits per heavy atom. The number of rotatable bonds is 5. The van der Waals surface area contributed by atoms with Crippen LogP contribution >= 0.6 is 0 Å². The summed E-state index contributed by atoms with van der Waals surface area (Å²) >= 11 is 0. The standard InChI is InChI=1S/C14H20N4O2/c15-6-3-12-14(11-4-7-20-8-5-11)18(17-16-12)9-13(19)10-1-2-10/h10-11,13,19H,1-5,7-9H2. The number of hydrogen-bond acceptors (Lipinski definition) is 5. The third-order valence-electron chi connectivity index (χ3n) is 4.23. The van der Waals surface area contributed by atoms with Gasteiger partial charge in [0.1, 0.15) is 5.69 Å². The fourth-order valence-corrected chi connectivity index (χ4v) is 2.92. The molecule has 3 rings (SSSR count). The van der Waals surface area contributed by atoms with Gasteiger partial charge in [0.15, 0.2) is 0 Å². The van der Waals surface area contributed by atoms with Gasteiger partial charge < -0.3 is 9.84 Å². The second-order valence-corrected chi connectivity index (χ2v) is 5.73. The van der Waals surface area contributed by atoms with Crippen molar-refractivity contribution in [1.82, 2.24) is 15.0 Å². The molecule has 20 heavy (non-hydrogen) atoms. The normalized spacial score (nSPS) is 21.6. The summed E-state index contributed by atoms with van der Waals surface area (Å²) in [6.45, 7) is 1.98. The average molecular weight is 276 g/mol. The maximum atomic E-state index is 10.1. The SMILES string of the molecule is N#CCc1nnn(CC(O)C2CC2)c1C1CCOCC1. The molecule has 1 saturated heterocycles. The van der Waals surface area contributed by atoms with Crippen molar-refractivity contribution in [3.05, 3.63) is 11.4 Å². The Labute approximate surface area is 118 Å². The molecule has 0 amide bonds. The number of nitriles is 1. The van der Waals surface area contributed by atoms with Gasteiger partial charge in [0.05, 0.1) is 30.8 Å². The highest BCUT2D eigenvalue weighted by molar-refractivity contribution is 5.19. The van der Waals surface area contributed by atoms with Crippen LogP contribution in [0.5, 0.6) is 0 Å². The fourth-order valence-electron chi connectivity index (χ4n) is 2.92. The van der Waals surface area contributed by atoms with Gasteiger partial charge in [0.2, 0.25) is 0 Å². The molecule has 1 aliphatic carbocycles. The lowest BCUT2D eigenvalue weighted by atomic mass is 9.94. The molecule has 0 bridgehead atoms. The van der Waals surface area contributed by atoms with Crippen LogP contribution in [0.3, 0.4) is 0 Å². The zero-order chi connectivity index (χ0) is 13.9. The van der Waals surface area contributed by atoms with E-state index in [2.05, 4.69) is 16.4 Å². The largest absolute Gasteiger partial charge is 0.391 e. The topological polar surface area (TPSA) is 84.0 Å². The molecule has 0 spiro atoms. The molecule has 1 N–H and O–H groups in total. The van der Waals surface area contributed by atoms with Crippen LogP contribution in [0.1, 0.15) is 43.0 Å². The van der Waals surface area contributed by atoms with E-state index in [9.17, 15) is 5.11 Å². The summed E-state index contributed by atoms with van der Waals surface area (Å²) in [5, 5.41) is 27.4. The quantitative estimate of drug-likeness (QED) is 0.867. The van der Waals surface area contributed by atoms with Crippen LogP contribution in [0.4, 0.5) is 0 Å². The van der Waals surface area contributed by atoms with E-state index in [4.69, 9.17) is 10.00 Å². The van der Waals surface area contributed by atoms with Crippen LogP contribution in [0, 0.1) is 17.2 Å². The maximum absolute atomic E-state index is 10.1. The van der Waals surface area contributed by atoms with Crippen molar-refractivity contribution in [2.75, 3.05) is 13.2 Å². The third-order valence-corrected chi connectivity index (χ3v) is 4.23. The summed E-state index contributed by atoms with van der Waals surface area (Å²) in [7, 11) is 0. The molecular formula is C14H20N4O2. The van der Waals surface area contributed by atoms with Crippen molar-refractivity contribution in [3.63, 3.8) is 0 Å². The van der Waals surface area contributed by atoms with E-state index >= 15 is 0 Å². The first-order valence-corrected chi connectivity index (χ1v) is 7.34. The number of aromatic nitrogens is 3. The van der Waals surface area contributed by atoms with E-state index in [0.29, 0.717) is 18.4 Å². The molecule has 1 unspecified atom stereocenters. The van der Waals surface area contributed by atoms with Crippen molar-refractivity contribution in [2.24, 2.45) is 5.92 Å². The first-order valence-electron chi connectivity index (χ1n) is 7.34. The second kappa shape index (κ2) is 5.90. The van der Waals surface area contributed by atoms with Gasteiger partial charge in [-0.15, -0.1) is 5.10 Å². The Morgan fingerprint density at radius 1 is 1.35 bits per heavy atom. The van der Waals surface area contributed by atoms with E-state index in [-0.39, 0.29) is 12.5 Å². The minimum Gasteiger partial charge on any atom is -0.391 e. The number of nitrogens with zero attached hydrogens (tertiary/aromatic N) is 4. The molecule has 0 radical (unpaired) electrons. The van der Waals surface area contributed by atoms with Crippen molar-refractivity contribution in [2.45, 2.75) is 50.7 Å². The van der Waals surface area contributed by atoms with Gasteiger partial charge in [-0.3, -0.25) is 0 Å². The van der Waals surface area contributed by atoms with Crippen LogP contribution in [-0.4, -0.2) is 39.4 Å².